The molecule has 0 atom stereocenters. The molecule has 2 heterocycles. The average molecular weight is 325 g/mol. The number of anilines is 1. The molecule has 2 amide bonds. The number of carbonyl (C=O) groups excluding carboxylic acids is 2. The number of aromatic amines is 1. The normalized spacial score (nSPS) is 14.2. The lowest BCUT2D eigenvalue weighted by Crippen LogP contribution is -2.35. The first-order valence-corrected chi connectivity index (χ1v) is 8.03. The summed E-state index contributed by atoms with van der Waals surface area (Å²) < 4.78 is 0. The van der Waals surface area contributed by atoms with Gasteiger partial charge in [-0.1, -0.05) is 0 Å². The van der Waals surface area contributed by atoms with Crippen LogP contribution in [0.4, 0.5) is 5.69 Å². The average Bonchev–Trinajstić information content (AvgIpc) is 2.63. The van der Waals surface area contributed by atoms with Crippen molar-refractivity contribution in [1.29, 1.82) is 0 Å². The van der Waals surface area contributed by atoms with Crippen molar-refractivity contribution >= 4 is 17.5 Å². The standard InChI is InChI=1S/C18H19N3O3/c22-16-9-6-14(12-19-16)17(23)20-15-7-4-13(5-8-15)18(24)21-10-2-1-3-11-21/h4-9,12H,1-3,10-11H2,(H,19,22)(H,20,23). The molecule has 24 heavy (non-hydrogen) atoms. The molecule has 0 radical (unpaired) electrons. The van der Waals surface area contributed by atoms with Crippen molar-refractivity contribution in [3.63, 3.8) is 0 Å². The van der Waals surface area contributed by atoms with E-state index in [2.05, 4.69) is 10.3 Å². The van der Waals surface area contributed by atoms with E-state index in [0.717, 1.165) is 25.9 Å². The first-order valence-electron chi connectivity index (χ1n) is 8.03. The molecular weight excluding hydrogens is 306 g/mol. The molecule has 1 aliphatic heterocycles. The Kier molecular flexibility index (Phi) is 4.74. The van der Waals surface area contributed by atoms with Gasteiger partial charge in [0.2, 0.25) is 5.56 Å². The minimum atomic E-state index is -0.318. The number of amides is 2. The third-order valence-electron chi connectivity index (χ3n) is 4.08. The van der Waals surface area contributed by atoms with Crippen LogP contribution < -0.4 is 10.9 Å². The maximum absolute atomic E-state index is 12.4. The number of rotatable bonds is 3. The highest BCUT2D eigenvalue weighted by Crippen LogP contribution is 2.16. The lowest BCUT2D eigenvalue weighted by Gasteiger charge is -2.26. The topological polar surface area (TPSA) is 82.3 Å². The Hall–Kier alpha value is -2.89. The van der Waals surface area contributed by atoms with E-state index in [9.17, 15) is 14.4 Å². The van der Waals surface area contributed by atoms with Crippen LogP contribution in [-0.4, -0.2) is 34.8 Å². The molecule has 6 nitrogen and oxygen atoms in total. The van der Waals surface area contributed by atoms with E-state index in [-0.39, 0.29) is 17.4 Å². The number of piperidine rings is 1. The van der Waals surface area contributed by atoms with Gasteiger partial charge in [-0.25, -0.2) is 0 Å². The fourth-order valence-corrected chi connectivity index (χ4v) is 2.73. The van der Waals surface area contributed by atoms with Gasteiger partial charge >= 0.3 is 0 Å². The van der Waals surface area contributed by atoms with Gasteiger partial charge in [0.05, 0.1) is 5.56 Å². The Labute approximate surface area is 139 Å². The van der Waals surface area contributed by atoms with Crippen LogP contribution in [-0.2, 0) is 0 Å². The number of pyridine rings is 1. The molecule has 0 bridgehead atoms. The summed E-state index contributed by atoms with van der Waals surface area (Å²) in [5.41, 5.74) is 1.33. The molecule has 1 aliphatic rings. The number of hydrogen-bond donors (Lipinski definition) is 2. The Balaban J connectivity index is 1.65. The van der Waals surface area contributed by atoms with Gasteiger partial charge in [-0.15, -0.1) is 0 Å². The highest BCUT2D eigenvalue weighted by atomic mass is 16.2. The van der Waals surface area contributed by atoms with Crippen molar-refractivity contribution in [3.8, 4) is 0 Å². The fraction of sp³-hybridized carbons (Fsp3) is 0.278. The van der Waals surface area contributed by atoms with E-state index >= 15 is 0 Å². The number of hydrogen-bond acceptors (Lipinski definition) is 3. The molecule has 1 saturated heterocycles. The summed E-state index contributed by atoms with van der Waals surface area (Å²) in [5.74, 6) is -0.283. The van der Waals surface area contributed by atoms with Gasteiger partial charge in [-0.05, 0) is 49.6 Å². The molecule has 0 spiro atoms. The van der Waals surface area contributed by atoms with Gasteiger partial charge in [0.25, 0.3) is 11.8 Å². The van der Waals surface area contributed by atoms with Gasteiger partial charge in [-0.2, -0.15) is 0 Å². The van der Waals surface area contributed by atoms with Crippen molar-refractivity contribution in [2.75, 3.05) is 18.4 Å². The molecule has 6 heteroatoms. The maximum Gasteiger partial charge on any atom is 0.257 e. The van der Waals surface area contributed by atoms with Crippen LogP contribution in [0.2, 0.25) is 0 Å². The summed E-state index contributed by atoms with van der Waals surface area (Å²) in [6.45, 7) is 1.62. The minimum Gasteiger partial charge on any atom is -0.339 e. The van der Waals surface area contributed by atoms with Crippen LogP contribution >= 0.6 is 0 Å². The highest BCUT2D eigenvalue weighted by molar-refractivity contribution is 6.04. The summed E-state index contributed by atoms with van der Waals surface area (Å²) in [4.78, 5) is 39.8. The van der Waals surface area contributed by atoms with Gasteiger partial charge < -0.3 is 15.2 Å². The number of carbonyl (C=O) groups is 2. The lowest BCUT2D eigenvalue weighted by atomic mass is 10.1. The first-order chi connectivity index (χ1) is 11.6. The van der Waals surface area contributed by atoms with Crippen LogP contribution in [0.1, 0.15) is 40.0 Å². The minimum absolute atomic E-state index is 0.0354. The molecule has 0 aliphatic carbocycles. The number of benzene rings is 1. The van der Waals surface area contributed by atoms with Crippen molar-refractivity contribution in [2.45, 2.75) is 19.3 Å². The first kappa shape index (κ1) is 16.0. The number of nitrogens with zero attached hydrogens (tertiary/aromatic N) is 1. The number of likely N-dealkylation sites (tertiary alicyclic amines) is 1. The largest absolute Gasteiger partial charge is 0.339 e. The monoisotopic (exact) mass is 325 g/mol. The lowest BCUT2D eigenvalue weighted by molar-refractivity contribution is 0.0724. The quantitative estimate of drug-likeness (QED) is 0.908. The molecule has 2 N–H and O–H groups in total. The molecule has 3 rings (SSSR count). The van der Waals surface area contributed by atoms with E-state index < -0.39 is 0 Å². The van der Waals surface area contributed by atoms with E-state index in [4.69, 9.17) is 0 Å². The zero-order valence-corrected chi connectivity index (χ0v) is 13.2. The Morgan fingerprint density at radius 3 is 2.21 bits per heavy atom. The summed E-state index contributed by atoms with van der Waals surface area (Å²) in [6.07, 6.45) is 4.66. The second kappa shape index (κ2) is 7.12. The maximum atomic E-state index is 12.4. The highest BCUT2D eigenvalue weighted by Gasteiger charge is 2.18. The van der Waals surface area contributed by atoms with Crippen LogP contribution in [0.5, 0.6) is 0 Å². The van der Waals surface area contributed by atoms with Gasteiger partial charge in [0, 0.05) is 36.6 Å². The van der Waals surface area contributed by atoms with Crippen LogP contribution in [0.3, 0.4) is 0 Å². The zero-order chi connectivity index (χ0) is 16.9. The van der Waals surface area contributed by atoms with Gasteiger partial charge in [0.1, 0.15) is 0 Å². The summed E-state index contributed by atoms with van der Waals surface area (Å²) in [7, 11) is 0. The molecule has 1 aromatic heterocycles. The van der Waals surface area contributed by atoms with Crippen molar-refractivity contribution in [3.05, 3.63) is 64.1 Å². The van der Waals surface area contributed by atoms with E-state index in [1.165, 1.54) is 24.8 Å². The second-order valence-corrected chi connectivity index (χ2v) is 5.83. The molecule has 0 saturated carbocycles. The van der Waals surface area contributed by atoms with Crippen LogP contribution in [0.25, 0.3) is 0 Å². The second-order valence-electron chi connectivity index (χ2n) is 5.83. The van der Waals surface area contributed by atoms with E-state index in [1.807, 2.05) is 4.90 Å². The Morgan fingerprint density at radius 2 is 1.58 bits per heavy atom. The number of nitrogens with one attached hydrogen (secondary N) is 2. The third-order valence-corrected chi connectivity index (χ3v) is 4.08. The number of H-pyrrole nitrogens is 1. The van der Waals surface area contributed by atoms with Crippen molar-refractivity contribution in [2.24, 2.45) is 0 Å². The zero-order valence-electron chi connectivity index (χ0n) is 13.2. The molecule has 1 aromatic carbocycles. The van der Waals surface area contributed by atoms with E-state index in [0.29, 0.717) is 16.8 Å². The predicted octanol–water partition coefficient (Wildman–Crippen LogP) is 2.25. The van der Waals surface area contributed by atoms with Gasteiger partial charge in [-0.3, -0.25) is 14.4 Å². The van der Waals surface area contributed by atoms with Crippen LogP contribution in [0, 0.1) is 0 Å². The van der Waals surface area contributed by atoms with Crippen LogP contribution in [0.15, 0.2) is 47.4 Å². The predicted molar refractivity (Wildman–Crippen MR) is 91.2 cm³/mol. The molecule has 124 valence electrons. The fourth-order valence-electron chi connectivity index (χ4n) is 2.73. The summed E-state index contributed by atoms with van der Waals surface area (Å²) >= 11 is 0. The molecular formula is C18H19N3O3. The van der Waals surface area contributed by atoms with Gasteiger partial charge in [0.15, 0.2) is 0 Å². The molecule has 1 fully saturated rings. The Morgan fingerprint density at radius 1 is 0.917 bits per heavy atom. The Bertz CT molecular complexity index is 769. The third kappa shape index (κ3) is 3.71. The van der Waals surface area contributed by atoms with Crippen molar-refractivity contribution in [1.82, 2.24) is 9.88 Å². The summed E-state index contributed by atoms with van der Waals surface area (Å²) in [6, 6.07) is 9.62. The van der Waals surface area contributed by atoms with Crippen molar-refractivity contribution < 1.29 is 9.59 Å². The summed E-state index contributed by atoms with van der Waals surface area (Å²) in [5, 5.41) is 2.74. The smallest absolute Gasteiger partial charge is 0.257 e. The molecule has 2 aromatic rings. The molecule has 0 unspecified atom stereocenters. The SMILES string of the molecule is O=C(Nc1ccc(C(=O)N2CCCCC2)cc1)c1ccc(=O)[nH]c1. The van der Waals surface area contributed by atoms with E-state index in [1.54, 1.807) is 24.3 Å². The number of aromatic nitrogens is 1.